The first-order chi connectivity index (χ1) is 9.60. The minimum Gasteiger partial charge on any atom is -0.343 e. The van der Waals surface area contributed by atoms with E-state index in [1.807, 2.05) is 4.90 Å². The van der Waals surface area contributed by atoms with Crippen molar-refractivity contribution in [2.45, 2.75) is 52.0 Å². The highest BCUT2D eigenvalue weighted by Crippen LogP contribution is 2.24. The van der Waals surface area contributed by atoms with Gasteiger partial charge in [0, 0.05) is 45.2 Å². The standard InChI is InChI=1S/C16H31N3O/c1-13-8-14(2)12-19(11-13)15(10-17)9-16(20)18-6-4-3-5-7-18/h13-15H,3-12,17H2,1-2H3. The molecule has 0 aromatic carbocycles. The van der Waals surface area contributed by atoms with Crippen LogP contribution in [0.5, 0.6) is 0 Å². The van der Waals surface area contributed by atoms with Crippen LogP contribution in [-0.2, 0) is 4.79 Å². The summed E-state index contributed by atoms with van der Waals surface area (Å²) in [6, 6.07) is 0.231. The second kappa shape index (κ2) is 7.41. The molecule has 116 valence electrons. The molecule has 2 N–H and O–H groups in total. The van der Waals surface area contributed by atoms with Crippen molar-refractivity contribution in [3.8, 4) is 0 Å². The topological polar surface area (TPSA) is 49.6 Å². The second-order valence-electron chi connectivity index (χ2n) is 6.94. The number of hydrogen-bond acceptors (Lipinski definition) is 3. The Kier molecular flexibility index (Phi) is 5.85. The molecule has 2 fully saturated rings. The van der Waals surface area contributed by atoms with Crippen molar-refractivity contribution < 1.29 is 4.79 Å². The number of piperidine rings is 2. The van der Waals surface area contributed by atoms with Gasteiger partial charge in [-0.25, -0.2) is 0 Å². The van der Waals surface area contributed by atoms with Crippen molar-refractivity contribution in [1.29, 1.82) is 0 Å². The fourth-order valence-electron chi connectivity index (χ4n) is 3.84. The molecule has 0 spiro atoms. The zero-order chi connectivity index (χ0) is 14.5. The fourth-order valence-corrected chi connectivity index (χ4v) is 3.84. The van der Waals surface area contributed by atoms with E-state index in [2.05, 4.69) is 18.7 Å². The molecule has 1 amide bonds. The molecule has 3 atom stereocenters. The lowest BCUT2D eigenvalue weighted by molar-refractivity contribution is -0.133. The minimum atomic E-state index is 0.231. The molecule has 2 heterocycles. The molecule has 2 aliphatic rings. The number of likely N-dealkylation sites (tertiary alicyclic amines) is 2. The van der Waals surface area contributed by atoms with Crippen LogP contribution in [0, 0.1) is 11.8 Å². The highest BCUT2D eigenvalue weighted by atomic mass is 16.2. The van der Waals surface area contributed by atoms with E-state index in [4.69, 9.17) is 5.73 Å². The molecule has 3 unspecified atom stereocenters. The lowest BCUT2D eigenvalue weighted by Crippen LogP contribution is -2.50. The number of carbonyl (C=O) groups is 1. The Bertz CT molecular complexity index is 305. The van der Waals surface area contributed by atoms with Crippen molar-refractivity contribution in [2.75, 3.05) is 32.7 Å². The first kappa shape index (κ1) is 15.8. The van der Waals surface area contributed by atoms with Crippen LogP contribution in [0.15, 0.2) is 0 Å². The predicted molar refractivity (Wildman–Crippen MR) is 82.4 cm³/mol. The highest BCUT2D eigenvalue weighted by molar-refractivity contribution is 5.77. The van der Waals surface area contributed by atoms with Gasteiger partial charge in [0.1, 0.15) is 0 Å². The average molecular weight is 281 g/mol. The smallest absolute Gasteiger partial charge is 0.224 e. The summed E-state index contributed by atoms with van der Waals surface area (Å²) in [7, 11) is 0. The van der Waals surface area contributed by atoms with Gasteiger partial charge in [-0.3, -0.25) is 9.69 Å². The van der Waals surface area contributed by atoms with Crippen LogP contribution < -0.4 is 5.73 Å². The molecule has 20 heavy (non-hydrogen) atoms. The Labute approximate surface area is 123 Å². The Morgan fingerprint density at radius 2 is 1.75 bits per heavy atom. The number of carbonyl (C=O) groups excluding carboxylic acids is 1. The summed E-state index contributed by atoms with van der Waals surface area (Å²) in [4.78, 5) is 16.9. The molecule has 4 heteroatoms. The fraction of sp³-hybridized carbons (Fsp3) is 0.938. The van der Waals surface area contributed by atoms with E-state index < -0.39 is 0 Å². The van der Waals surface area contributed by atoms with Crippen LogP contribution in [-0.4, -0.2) is 54.5 Å². The number of rotatable bonds is 4. The summed E-state index contributed by atoms with van der Waals surface area (Å²) < 4.78 is 0. The summed E-state index contributed by atoms with van der Waals surface area (Å²) in [5.41, 5.74) is 5.96. The summed E-state index contributed by atoms with van der Waals surface area (Å²) in [5, 5.41) is 0. The maximum absolute atomic E-state index is 12.4. The number of amides is 1. The van der Waals surface area contributed by atoms with E-state index in [1.54, 1.807) is 0 Å². The molecule has 0 bridgehead atoms. The van der Waals surface area contributed by atoms with Gasteiger partial charge in [-0.05, 0) is 37.5 Å². The van der Waals surface area contributed by atoms with Gasteiger partial charge < -0.3 is 10.6 Å². The summed E-state index contributed by atoms with van der Waals surface area (Å²) in [6.07, 6.45) is 5.50. The van der Waals surface area contributed by atoms with Gasteiger partial charge in [-0.1, -0.05) is 13.8 Å². The van der Waals surface area contributed by atoms with E-state index in [-0.39, 0.29) is 6.04 Å². The van der Waals surface area contributed by atoms with Gasteiger partial charge >= 0.3 is 0 Å². The molecular formula is C16H31N3O. The average Bonchev–Trinajstić information content (AvgIpc) is 2.44. The summed E-state index contributed by atoms with van der Waals surface area (Å²) in [5.74, 6) is 1.75. The Hall–Kier alpha value is -0.610. The van der Waals surface area contributed by atoms with Gasteiger partial charge in [-0.15, -0.1) is 0 Å². The van der Waals surface area contributed by atoms with Gasteiger partial charge in [0.25, 0.3) is 0 Å². The van der Waals surface area contributed by atoms with Crippen LogP contribution in [0.1, 0.15) is 46.0 Å². The second-order valence-corrected chi connectivity index (χ2v) is 6.94. The number of nitrogens with zero attached hydrogens (tertiary/aromatic N) is 2. The summed E-state index contributed by atoms with van der Waals surface area (Å²) in [6.45, 7) is 9.30. The monoisotopic (exact) mass is 281 g/mol. The molecule has 0 aliphatic carbocycles. The molecule has 2 rings (SSSR count). The largest absolute Gasteiger partial charge is 0.343 e. The van der Waals surface area contributed by atoms with Crippen molar-refractivity contribution in [2.24, 2.45) is 17.6 Å². The van der Waals surface area contributed by atoms with E-state index in [9.17, 15) is 4.79 Å². The van der Waals surface area contributed by atoms with Crippen molar-refractivity contribution >= 4 is 5.91 Å². The molecule has 2 aliphatic heterocycles. The van der Waals surface area contributed by atoms with Gasteiger partial charge in [0.2, 0.25) is 5.91 Å². The van der Waals surface area contributed by atoms with Crippen LogP contribution >= 0.6 is 0 Å². The van der Waals surface area contributed by atoms with E-state index in [0.29, 0.717) is 18.9 Å². The number of hydrogen-bond donors (Lipinski definition) is 1. The SMILES string of the molecule is CC1CC(C)CN(C(CN)CC(=O)N2CCCCC2)C1. The third-order valence-electron chi connectivity index (χ3n) is 4.80. The maximum atomic E-state index is 12.4. The van der Waals surface area contributed by atoms with E-state index in [1.165, 1.54) is 12.8 Å². The predicted octanol–water partition coefficient (Wildman–Crippen LogP) is 1.69. The molecule has 4 nitrogen and oxygen atoms in total. The van der Waals surface area contributed by atoms with Crippen LogP contribution in [0.3, 0.4) is 0 Å². The molecule has 0 radical (unpaired) electrons. The number of nitrogens with two attached hydrogens (primary N) is 1. The molecule has 0 saturated carbocycles. The highest BCUT2D eigenvalue weighted by Gasteiger charge is 2.29. The van der Waals surface area contributed by atoms with Crippen molar-refractivity contribution in [3.05, 3.63) is 0 Å². The lowest BCUT2D eigenvalue weighted by Gasteiger charge is -2.40. The Morgan fingerprint density at radius 1 is 1.15 bits per heavy atom. The maximum Gasteiger partial charge on any atom is 0.224 e. The third-order valence-corrected chi connectivity index (χ3v) is 4.80. The van der Waals surface area contributed by atoms with Crippen molar-refractivity contribution in [3.63, 3.8) is 0 Å². The minimum absolute atomic E-state index is 0.231. The third kappa shape index (κ3) is 4.19. The van der Waals surface area contributed by atoms with Crippen LogP contribution in [0.4, 0.5) is 0 Å². The first-order valence-electron chi connectivity index (χ1n) is 8.32. The van der Waals surface area contributed by atoms with Crippen LogP contribution in [0.25, 0.3) is 0 Å². The normalized spacial score (nSPS) is 30.2. The molecular weight excluding hydrogens is 250 g/mol. The van der Waals surface area contributed by atoms with E-state index in [0.717, 1.165) is 50.9 Å². The quantitative estimate of drug-likeness (QED) is 0.853. The van der Waals surface area contributed by atoms with Gasteiger partial charge in [0.15, 0.2) is 0 Å². The van der Waals surface area contributed by atoms with E-state index >= 15 is 0 Å². The molecule has 0 aromatic heterocycles. The first-order valence-corrected chi connectivity index (χ1v) is 8.32. The van der Waals surface area contributed by atoms with Gasteiger partial charge in [-0.2, -0.15) is 0 Å². The van der Waals surface area contributed by atoms with Crippen LogP contribution in [0.2, 0.25) is 0 Å². The van der Waals surface area contributed by atoms with Gasteiger partial charge in [0.05, 0.1) is 0 Å². The zero-order valence-corrected chi connectivity index (χ0v) is 13.2. The summed E-state index contributed by atoms with van der Waals surface area (Å²) >= 11 is 0. The van der Waals surface area contributed by atoms with Crippen molar-refractivity contribution in [1.82, 2.24) is 9.80 Å². The zero-order valence-electron chi connectivity index (χ0n) is 13.2. The Morgan fingerprint density at radius 3 is 2.30 bits per heavy atom. The molecule has 0 aromatic rings. The lowest BCUT2D eigenvalue weighted by atomic mass is 9.90. The molecule has 2 saturated heterocycles. The Balaban J connectivity index is 1.88.